The van der Waals surface area contributed by atoms with Crippen LogP contribution in [-0.2, 0) is 9.59 Å². The van der Waals surface area contributed by atoms with Gasteiger partial charge in [0, 0.05) is 13.0 Å². The van der Waals surface area contributed by atoms with Gasteiger partial charge in [-0.25, -0.2) is 4.79 Å². The Morgan fingerprint density at radius 3 is 2.65 bits per heavy atom. The molecule has 2 N–H and O–H groups in total. The molecule has 20 heavy (non-hydrogen) atoms. The standard InChI is InChI=1S/C14H16N2O4/c1-9(16-8-4-7-12(16)17)13(18)15-11-6-3-2-5-10(11)14(19)20/h2-3,5-6,9H,4,7-8H2,1H3,(H,15,18)(H,19,20). The van der Waals surface area contributed by atoms with E-state index in [1.54, 1.807) is 19.1 Å². The third-order valence-corrected chi connectivity index (χ3v) is 3.37. The largest absolute Gasteiger partial charge is 0.478 e. The summed E-state index contributed by atoms with van der Waals surface area (Å²) in [5, 5.41) is 11.6. The van der Waals surface area contributed by atoms with E-state index >= 15 is 0 Å². The Labute approximate surface area is 116 Å². The van der Waals surface area contributed by atoms with Crippen molar-refractivity contribution in [2.45, 2.75) is 25.8 Å². The van der Waals surface area contributed by atoms with Gasteiger partial charge in [-0.05, 0) is 25.5 Å². The number of nitrogens with one attached hydrogen (secondary N) is 1. The van der Waals surface area contributed by atoms with E-state index in [1.807, 2.05) is 0 Å². The van der Waals surface area contributed by atoms with Gasteiger partial charge in [-0.15, -0.1) is 0 Å². The van der Waals surface area contributed by atoms with Crippen molar-refractivity contribution in [3.8, 4) is 0 Å². The molecule has 1 aliphatic rings. The summed E-state index contributed by atoms with van der Waals surface area (Å²) in [6.45, 7) is 2.20. The molecule has 1 unspecified atom stereocenters. The maximum absolute atomic E-state index is 12.1. The summed E-state index contributed by atoms with van der Waals surface area (Å²) in [5.74, 6) is -1.53. The van der Waals surface area contributed by atoms with Gasteiger partial charge in [0.1, 0.15) is 6.04 Å². The normalized spacial score (nSPS) is 16.1. The molecule has 0 saturated carbocycles. The van der Waals surface area contributed by atoms with Gasteiger partial charge in [0.05, 0.1) is 11.3 Å². The van der Waals surface area contributed by atoms with Crippen LogP contribution in [0.4, 0.5) is 5.69 Å². The van der Waals surface area contributed by atoms with E-state index in [2.05, 4.69) is 5.32 Å². The molecular weight excluding hydrogens is 260 g/mol. The molecule has 0 aliphatic carbocycles. The van der Waals surface area contributed by atoms with Gasteiger partial charge in [0.15, 0.2) is 0 Å². The van der Waals surface area contributed by atoms with Gasteiger partial charge < -0.3 is 15.3 Å². The molecule has 1 aliphatic heterocycles. The van der Waals surface area contributed by atoms with Crippen LogP contribution in [0.15, 0.2) is 24.3 Å². The summed E-state index contributed by atoms with van der Waals surface area (Å²) in [5.41, 5.74) is 0.268. The van der Waals surface area contributed by atoms with Crippen LogP contribution in [0.1, 0.15) is 30.1 Å². The Balaban J connectivity index is 2.12. The molecule has 6 nitrogen and oxygen atoms in total. The van der Waals surface area contributed by atoms with Crippen LogP contribution in [0.5, 0.6) is 0 Å². The topological polar surface area (TPSA) is 86.7 Å². The fourth-order valence-corrected chi connectivity index (χ4v) is 2.24. The van der Waals surface area contributed by atoms with Crippen molar-refractivity contribution in [1.82, 2.24) is 4.90 Å². The first kappa shape index (κ1) is 14.0. The van der Waals surface area contributed by atoms with Crippen LogP contribution in [0.3, 0.4) is 0 Å². The van der Waals surface area contributed by atoms with Crippen molar-refractivity contribution in [3.63, 3.8) is 0 Å². The van der Waals surface area contributed by atoms with Crippen LogP contribution >= 0.6 is 0 Å². The van der Waals surface area contributed by atoms with E-state index in [4.69, 9.17) is 5.11 Å². The van der Waals surface area contributed by atoms with Crippen molar-refractivity contribution < 1.29 is 19.5 Å². The summed E-state index contributed by atoms with van der Waals surface area (Å²) >= 11 is 0. The van der Waals surface area contributed by atoms with E-state index in [0.29, 0.717) is 13.0 Å². The molecule has 0 aromatic heterocycles. The number of carbonyl (C=O) groups excluding carboxylic acids is 2. The highest BCUT2D eigenvalue weighted by atomic mass is 16.4. The summed E-state index contributed by atoms with van der Waals surface area (Å²) < 4.78 is 0. The van der Waals surface area contributed by atoms with E-state index < -0.39 is 12.0 Å². The fourth-order valence-electron chi connectivity index (χ4n) is 2.24. The number of benzene rings is 1. The number of rotatable bonds is 4. The molecule has 1 aromatic carbocycles. The first-order chi connectivity index (χ1) is 9.50. The number of carboxylic acid groups (broad SMARTS) is 1. The quantitative estimate of drug-likeness (QED) is 0.868. The predicted molar refractivity (Wildman–Crippen MR) is 72.4 cm³/mol. The molecule has 1 atom stereocenters. The number of carbonyl (C=O) groups is 3. The van der Waals surface area contributed by atoms with Crippen LogP contribution in [-0.4, -0.2) is 40.4 Å². The third kappa shape index (κ3) is 2.79. The van der Waals surface area contributed by atoms with Gasteiger partial charge in [0.2, 0.25) is 11.8 Å². The zero-order chi connectivity index (χ0) is 14.7. The summed E-state index contributed by atoms with van der Waals surface area (Å²) in [4.78, 5) is 36.3. The number of carboxylic acids is 1. The Morgan fingerprint density at radius 2 is 2.05 bits per heavy atom. The Morgan fingerprint density at radius 1 is 1.35 bits per heavy atom. The monoisotopic (exact) mass is 276 g/mol. The van der Waals surface area contributed by atoms with Crippen LogP contribution < -0.4 is 5.32 Å². The molecule has 6 heteroatoms. The van der Waals surface area contributed by atoms with Crippen molar-refractivity contribution in [1.29, 1.82) is 0 Å². The molecule has 0 spiro atoms. The number of anilines is 1. The molecular formula is C14H16N2O4. The highest BCUT2D eigenvalue weighted by Gasteiger charge is 2.29. The van der Waals surface area contributed by atoms with Gasteiger partial charge in [-0.3, -0.25) is 9.59 Å². The minimum atomic E-state index is -1.11. The number of nitrogens with zero attached hydrogens (tertiary/aromatic N) is 1. The van der Waals surface area contributed by atoms with Crippen molar-refractivity contribution in [3.05, 3.63) is 29.8 Å². The second-order valence-electron chi connectivity index (χ2n) is 4.71. The summed E-state index contributed by atoms with van der Waals surface area (Å²) in [6.07, 6.45) is 1.21. The van der Waals surface area contributed by atoms with E-state index in [1.165, 1.54) is 17.0 Å². The van der Waals surface area contributed by atoms with E-state index in [0.717, 1.165) is 6.42 Å². The zero-order valence-electron chi connectivity index (χ0n) is 11.1. The van der Waals surface area contributed by atoms with Gasteiger partial charge in [-0.2, -0.15) is 0 Å². The second-order valence-corrected chi connectivity index (χ2v) is 4.71. The van der Waals surface area contributed by atoms with Gasteiger partial charge >= 0.3 is 5.97 Å². The highest BCUT2D eigenvalue weighted by Crippen LogP contribution is 2.18. The average Bonchev–Trinajstić information content (AvgIpc) is 2.84. The highest BCUT2D eigenvalue weighted by molar-refractivity contribution is 6.03. The molecule has 1 heterocycles. The number of likely N-dealkylation sites (tertiary alicyclic amines) is 1. The van der Waals surface area contributed by atoms with Gasteiger partial charge in [0.25, 0.3) is 0 Å². The third-order valence-electron chi connectivity index (χ3n) is 3.37. The van der Waals surface area contributed by atoms with Crippen LogP contribution in [0.2, 0.25) is 0 Å². The first-order valence-electron chi connectivity index (χ1n) is 6.43. The minimum Gasteiger partial charge on any atom is -0.478 e. The Hall–Kier alpha value is -2.37. The van der Waals surface area contributed by atoms with Crippen molar-refractivity contribution >= 4 is 23.5 Å². The average molecular weight is 276 g/mol. The maximum atomic E-state index is 12.1. The van der Waals surface area contributed by atoms with Crippen LogP contribution in [0, 0.1) is 0 Å². The van der Waals surface area contributed by atoms with Crippen molar-refractivity contribution in [2.24, 2.45) is 0 Å². The molecule has 1 saturated heterocycles. The molecule has 106 valence electrons. The predicted octanol–water partition coefficient (Wildman–Crippen LogP) is 1.33. The number of hydrogen-bond acceptors (Lipinski definition) is 3. The molecule has 1 fully saturated rings. The number of para-hydroxylation sites is 1. The molecule has 2 amide bonds. The lowest BCUT2D eigenvalue weighted by Gasteiger charge is -2.23. The fraction of sp³-hybridized carbons (Fsp3) is 0.357. The first-order valence-corrected chi connectivity index (χ1v) is 6.43. The second kappa shape index (κ2) is 5.73. The smallest absolute Gasteiger partial charge is 0.337 e. The van der Waals surface area contributed by atoms with Crippen LogP contribution in [0.25, 0.3) is 0 Å². The number of amides is 2. The number of aromatic carboxylic acids is 1. The Bertz CT molecular complexity index is 556. The van der Waals surface area contributed by atoms with E-state index in [9.17, 15) is 14.4 Å². The Kier molecular flexibility index (Phi) is 4.02. The lowest BCUT2D eigenvalue weighted by atomic mass is 10.1. The molecule has 1 aromatic rings. The maximum Gasteiger partial charge on any atom is 0.337 e. The minimum absolute atomic E-state index is 0.0285. The van der Waals surface area contributed by atoms with Gasteiger partial charge in [-0.1, -0.05) is 12.1 Å². The van der Waals surface area contributed by atoms with Crippen molar-refractivity contribution in [2.75, 3.05) is 11.9 Å². The SMILES string of the molecule is CC(C(=O)Nc1ccccc1C(=O)O)N1CCCC1=O. The lowest BCUT2D eigenvalue weighted by Crippen LogP contribution is -2.42. The summed E-state index contributed by atoms with van der Waals surface area (Å²) in [7, 11) is 0. The molecule has 0 bridgehead atoms. The zero-order valence-corrected chi connectivity index (χ0v) is 11.1. The summed E-state index contributed by atoms with van der Waals surface area (Å²) in [6, 6.07) is 5.58. The number of hydrogen-bond donors (Lipinski definition) is 2. The lowest BCUT2D eigenvalue weighted by molar-refractivity contribution is -0.134. The molecule has 0 radical (unpaired) electrons. The van der Waals surface area contributed by atoms with E-state index in [-0.39, 0.29) is 23.1 Å². The molecule has 2 rings (SSSR count).